The second kappa shape index (κ2) is 9.54. The molecule has 0 saturated carbocycles. The lowest BCUT2D eigenvalue weighted by Crippen LogP contribution is -2.26. The van der Waals surface area contributed by atoms with Crippen LogP contribution in [0.3, 0.4) is 0 Å². The molecular weight excluding hydrogens is 428 g/mol. The number of nitrogens with one attached hydrogen (secondary N) is 1. The van der Waals surface area contributed by atoms with Gasteiger partial charge in [-0.1, -0.05) is 72.0 Å². The van der Waals surface area contributed by atoms with E-state index in [1.54, 1.807) is 0 Å². The van der Waals surface area contributed by atoms with E-state index in [4.69, 9.17) is 21.4 Å². The monoisotopic (exact) mass is 446 g/mol. The maximum atomic E-state index is 12.2. The Morgan fingerprint density at radius 2 is 1.75 bits per heavy atom. The Labute approximate surface area is 190 Å². The van der Waals surface area contributed by atoms with Crippen molar-refractivity contribution in [1.29, 1.82) is 0 Å². The fourth-order valence-electron chi connectivity index (χ4n) is 3.69. The lowest BCUT2D eigenvalue weighted by atomic mass is 9.98. The number of pyridine rings is 1. The van der Waals surface area contributed by atoms with Gasteiger partial charge in [-0.05, 0) is 28.3 Å². The highest BCUT2D eigenvalue weighted by Crippen LogP contribution is 2.44. The molecule has 6 nitrogen and oxygen atoms in total. The normalized spacial score (nSPS) is 11.7. The smallest absolute Gasteiger partial charge is 0.407 e. The van der Waals surface area contributed by atoms with Gasteiger partial charge in [-0.25, -0.2) is 14.6 Å². The second-order valence-corrected chi connectivity index (χ2v) is 7.53. The number of benzene rings is 2. The maximum Gasteiger partial charge on any atom is 0.407 e. The van der Waals surface area contributed by atoms with Gasteiger partial charge >= 0.3 is 12.1 Å². The fraction of sp³-hybridized carbons (Fsp3) is 0.160. The molecule has 0 atom stereocenters. The van der Waals surface area contributed by atoms with E-state index >= 15 is 0 Å². The predicted octanol–water partition coefficient (Wildman–Crippen LogP) is 4.71. The third kappa shape index (κ3) is 4.58. The van der Waals surface area contributed by atoms with Crippen LogP contribution >= 0.6 is 11.6 Å². The number of aromatic carboxylic acids is 1. The molecule has 4 rings (SSSR count). The summed E-state index contributed by atoms with van der Waals surface area (Å²) < 4.78 is 5.47. The molecule has 0 radical (unpaired) electrons. The van der Waals surface area contributed by atoms with Crippen LogP contribution in [0.5, 0.6) is 0 Å². The number of ether oxygens (including phenoxy) is 1. The Morgan fingerprint density at radius 3 is 2.41 bits per heavy atom. The van der Waals surface area contributed by atoms with Gasteiger partial charge in [-0.15, -0.1) is 0 Å². The quantitative estimate of drug-likeness (QED) is 0.336. The van der Waals surface area contributed by atoms with Crippen LogP contribution in [-0.4, -0.2) is 35.3 Å². The summed E-state index contributed by atoms with van der Waals surface area (Å²) in [5, 5.41) is 11.8. The van der Waals surface area contributed by atoms with E-state index < -0.39 is 12.1 Å². The highest BCUT2D eigenvalue weighted by atomic mass is 35.5. The minimum absolute atomic E-state index is 0.00379. The molecular formula is C25H19ClN2O4. The van der Waals surface area contributed by atoms with E-state index in [-0.39, 0.29) is 29.8 Å². The number of aromatic nitrogens is 1. The van der Waals surface area contributed by atoms with Crippen molar-refractivity contribution in [3.8, 4) is 23.0 Å². The number of carboxylic acids is 1. The van der Waals surface area contributed by atoms with Crippen LogP contribution in [-0.2, 0) is 4.74 Å². The number of hydrogen-bond acceptors (Lipinski definition) is 4. The summed E-state index contributed by atoms with van der Waals surface area (Å²) >= 11 is 5.94. The van der Waals surface area contributed by atoms with Gasteiger partial charge in [0.2, 0.25) is 0 Å². The summed E-state index contributed by atoms with van der Waals surface area (Å²) in [7, 11) is 0. The van der Waals surface area contributed by atoms with Crippen LogP contribution in [0, 0.1) is 11.8 Å². The molecule has 0 bridgehead atoms. The second-order valence-electron chi connectivity index (χ2n) is 7.17. The molecule has 160 valence electrons. The first-order valence-electron chi connectivity index (χ1n) is 10.0. The van der Waals surface area contributed by atoms with Gasteiger partial charge in [0.05, 0.1) is 11.1 Å². The van der Waals surface area contributed by atoms with Crippen molar-refractivity contribution in [2.24, 2.45) is 0 Å². The minimum atomic E-state index is -1.10. The topological polar surface area (TPSA) is 88.5 Å². The van der Waals surface area contributed by atoms with Crippen LogP contribution in [0.2, 0.25) is 5.15 Å². The van der Waals surface area contributed by atoms with Gasteiger partial charge in [0.1, 0.15) is 11.8 Å². The van der Waals surface area contributed by atoms with Crippen LogP contribution in [0.1, 0.15) is 39.4 Å². The fourth-order valence-corrected chi connectivity index (χ4v) is 3.84. The highest BCUT2D eigenvalue weighted by Gasteiger charge is 2.28. The molecule has 7 heteroatoms. The Kier molecular flexibility index (Phi) is 6.39. The Morgan fingerprint density at radius 1 is 1.09 bits per heavy atom. The number of nitrogens with zero attached hydrogens (tertiary/aromatic N) is 1. The molecule has 0 saturated heterocycles. The SMILES string of the molecule is O=C(NCCC#Cc1cc(C(=O)O)cnc1Cl)OCC1c2ccccc2-c2ccccc21. The first-order valence-corrected chi connectivity index (χ1v) is 10.4. The molecule has 3 aromatic rings. The molecule has 2 aromatic carbocycles. The van der Waals surface area contributed by atoms with Gasteiger partial charge < -0.3 is 15.2 Å². The van der Waals surface area contributed by atoms with E-state index in [2.05, 4.69) is 46.4 Å². The molecule has 0 spiro atoms. The van der Waals surface area contributed by atoms with Crippen LogP contribution in [0.25, 0.3) is 11.1 Å². The zero-order valence-electron chi connectivity index (χ0n) is 17.0. The van der Waals surface area contributed by atoms with E-state index in [0.717, 1.165) is 11.1 Å². The Balaban J connectivity index is 1.30. The predicted molar refractivity (Wildman–Crippen MR) is 121 cm³/mol. The number of amides is 1. The lowest BCUT2D eigenvalue weighted by molar-refractivity contribution is 0.0696. The summed E-state index contributed by atoms with van der Waals surface area (Å²) in [5.41, 5.74) is 4.99. The number of fused-ring (bicyclic) bond motifs is 3. The summed E-state index contributed by atoms with van der Waals surface area (Å²) in [5.74, 6) is 4.53. The third-order valence-corrected chi connectivity index (χ3v) is 5.47. The number of carboxylic acid groups (broad SMARTS) is 1. The van der Waals surface area contributed by atoms with Gasteiger partial charge in [0.15, 0.2) is 0 Å². The average Bonchev–Trinajstić information content (AvgIpc) is 3.12. The number of halogens is 1. The maximum absolute atomic E-state index is 12.2. The highest BCUT2D eigenvalue weighted by molar-refractivity contribution is 6.30. The zero-order chi connectivity index (χ0) is 22.5. The van der Waals surface area contributed by atoms with Crippen molar-refractivity contribution < 1.29 is 19.4 Å². The summed E-state index contributed by atoms with van der Waals surface area (Å²) in [6.45, 7) is 0.530. The van der Waals surface area contributed by atoms with Crippen molar-refractivity contribution in [2.45, 2.75) is 12.3 Å². The first-order chi connectivity index (χ1) is 15.5. The number of alkyl carbamates (subject to hydrolysis) is 1. The van der Waals surface area contributed by atoms with E-state index in [9.17, 15) is 9.59 Å². The number of hydrogen-bond donors (Lipinski definition) is 2. The summed E-state index contributed by atoms with van der Waals surface area (Å²) in [4.78, 5) is 27.0. The Hall–Kier alpha value is -3.82. The van der Waals surface area contributed by atoms with Crippen molar-refractivity contribution in [3.63, 3.8) is 0 Å². The molecule has 1 heterocycles. The average molecular weight is 447 g/mol. The van der Waals surface area contributed by atoms with Gasteiger partial charge in [-0.3, -0.25) is 0 Å². The molecule has 0 unspecified atom stereocenters. The Bertz CT molecular complexity index is 1200. The standard InChI is InChI=1S/C25H19ClN2O4/c26-23-16(13-17(14-28-23)24(29)30)7-5-6-12-27-25(31)32-15-22-20-10-3-1-8-18(20)19-9-2-4-11-21(19)22/h1-4,8-11,13-14,22H,6,12,15H2,(H,27,31)(H,29,30). The summed E-state index contributed by atoms with van der Waals surface area (Å²) in [6, 6.07) is 17.7. The van der Waals surface area contributed by atoms with Crippen molar-refractivity contribution in [2.75, 3.05) is 13.2 Å². The van der Waals surface area contributed by atoms with Crippen LogP contribution in [0.15, 0.2) is 60.8 Å². The third-order valence-electron chi connectivity index (χ3n) is 5.17. The molecule has 32 heavy (non-hydrogen) atoms. The van der Waals surface area contributed by atoms with Crippen molar-refractivity contribution >= 4 is 23.7 Å². The van der Waals surface area contributed by atoms with Gasteiger partial charge in [0.25, 0.3) is 0 Å². The van der Waals surface area contributed by atoms with E-state index in [1.807, 2.05) is 24.3 Å². The van der Waals surface area contributed by atoms with Crippen LogP contribution in [0.4, 0.5) is 4.79 Å². The van der Waals surface area contributed by atoms with Gasteiger partial charge in [-0.2, -0.15) is 0 Å². The minimum Gasteiger partial charge on any atom is -0.478 e. The zero-order valence-corrected chi connectivity index (χ0v) is 17.7. The molecule has 1 aromatic heterocycles. The molecule has 0 aliphatic heterocycles. The van der Waals surface area contributed by atoms with Crippen molar-refractivity contribution in [3.05, 3.63) is 88.2 Å². The van der Waals surface area contributed by atoms with E-state index in [0.29, 0.717) is 12.0 Å². The molecule has 1 aliphatic rings. The van der Waals surface area contributed by atoms with E-state index in [1.165, 1.54) is 23.4 Å². The first kappa shape index (κ1) is 21.4. The molecule has 0 fully saturated rings. The summed E-state index contributed by atoms with van der Waals surface area (Å²) in [6.07, 6.45) is 1.01. The lowest BCUT2D eigenvalue weighted by Gasteiger charge is -2.14. The van der Waals surface area contributed by atoms with Crippen LogP contribution < -0.4 is 5.32 Å². The largest absolute Gasteiger partial charge is 0.478 e. The molecule has 1 amide bonds. The van der Waals surface area contributed by atoms with Gasteiger partial charge in [0, 0.05) is 25.1 Å². The number of rotatable bonds is 5. The number of carbonyl (C=O) groups is 2. The van der Waals surface area contributed by atoms with Crippen molar-refractivity contribution in [1.82, 2.24) is 10.3 Å². The molecule has 1 aliphatic carbocycles. The number of carbonyl (C=O) groups excluding carboxylic acids is 1. The molecule has 2 N–H and O–H groups in total.